The van der Waals surface area contributed by atoms with Crippen molar-refractivity contribution in [1.29, 1.82) is 0 Å². The van der Waals surface area contributed by atoms with E-state index >= 15 is 0 Å². The van der Waals surface area contributed by atoms with Crippen molar-refractivity contribution in [3.05, 3.63) is 29.8 Å². The van der Waals surface area contributed by atoms with E-state index in [1.54, 1.807) is 34.1 Å². The normalized spacial score (nSPS) is 19.5. The fraction of sp³-hybridized carbons (Fsp3) is 0.500. The second-order valence-electron chi connectivity index (χ2n) is 6.17. The van der Waals surface area contributed by atoms with E-state index in [1.807, 2.05) is 6.92 Å². The zero-order valence-electron chi connectivity index (χ0n) is 14.1. The summed E-state index contributed by atoms with van der Waals surface area (Å²) in [5, 5.41) is 0. The third-order valence-corrected chi connectivity index (χ3v) is 7.26. The molecule has 25 heavy (non-hydrogen) atoms. The van der Waals surface area contributed by atoms with Gasteiger partial charge < -0.3 is 9.80 Å². The zero-order chi connectivity index (χ0) is 18.0. The maximum Gasteiger partial charge on any atom is 0.243 e. The van der Waals surface area contributed by atoms with Gasteiger partial charge in [-0.05, 0) is 19.1 Å². The molecule has 2 fully saturated rings. The van der Waals surface area contributed by atoms with Crippen LogP contribution in [0.2, 0.25) is 0 Å². The summed E-state index contributed by atoms with van der Waals surface area (Å²) in [5.74, 6) is 0.838. The molecule has 9 heteroatoms. The largest absolute Gasteiger partial charge is 0.339 e. The van der Waals surface area contributed by atoms with Gasteiger partial charge in [-0.1, -0.05) is 17.7 Å². The summed E-state index contributed by atoms with van der Waals surface area (Å²) in [6.45, 7) is 3.22. The highest BCUT2D eigenvalue weighted by atomic mass is 32.2. The Bertz CT molecular complexity index is 756. The first kappa shape index (κ1) is 18.2. The Hall–Kier alpha value is -1.58. The number of rotatable bonds is 4. The van der Waals surface area contributed by atoms with Crippen LogP contribution in [-0.4, -0.2) is 78.7 Å². The summed E-state index contributed by atoms with van der Waals surface area (Å²) in [7, 11) is -3.53. The van der Waals surface area contributed by atoms with Crippen LogP contribution in [0.5, 0.6) is 0 Å². The van der Waals surface area contributed by atoms with Gasteiger partial charge in [-0.3, -0.25) is 9.59 Å². The number of piperazine rings is 1. The van der Waals surface area contributed by atoms with Crippen LogP contribution in [0.25, 0.3) is 0 Å². The molecule has 0 saturated carbocycles. The number of benzene rings is 1. The van der Waals surface area contributed by atoms with Crippen LogP contribution in [0.3, 0.4) is 0 Å². The van der Waals surface area contributed by atoms with Gasteiger partial charge in [-0.15, -0.1) is 11.8 Å². The molecule has 0 bridgehead atoms. The van der Waals surface area contributed by atoms with Crippen molar-refractivity contribution >= 4 is 33.6 Å². The zero-order valence-corrected chi connectivity index (χ0v) is 15.7. The molecule has 2 aliphatic heterocycles. The average Bonchev–Trinajstić information content (AvgIpc) is 3.00. The lowest BCUT2D eigenvalue weighted by Gasteiger charge is -2.34. The second-order valence-corrected chi connectivity index (χ2v) is 9.06. The summed E-state index contributed by atoms with van der Waals surface area (Å²) in [4.78, 5) is 27.4. The SMILES string of the molecule is Cc1ccc(S(=O)(=O)N2CCN(C(=O)CN3CSCC3=O)CC2)cc1. The van der Waals surface area contributed by atoms with Gasteiger partial charge in [0.05, 0.1) is 16.5 Å². The monoisotopic (exact) mass is 383 g/mol. The molecule has 0 radical (unpaired) electrons. The van der Waals surface area contributed by atoms with E-state index in [2.05, 4.69) is 0 Å². The molecule has 0 aromatic heterocycles. The van der Waals surface area contributed by atoms with E-state index in [-0.39, 0.29) is 36.3 Å². The number of sulfonamides is 1. The standard InChI is InChI=1S/C16H21N3O4S2/c1-13-2-4-14(5-3-13)25(22,23)19-8-6-17(7-9-19)15(20)10-18-12-24-11-16(18)21/h2-5H,6-12H2,1H3. The van der Waals surface area contributed by atoms with E-state index < -0.39 is 10.0 Å². The van der Waals surface area contributed by atoms with E-state index in [4.69, 9.17) is 0 Å². The molecule has 136 valence electrons. The number of thioether (sulfide) groups is 1. The van der Waals surface area contributed by atoms with Crippen LogP contribution >= 0.6 is 11.8 Å². The van der Waals surface area contributed by atoms with Gasteiger partial charge in [0, 0.05) is 26.2 Å². The van der Waals surface area contributed by atoms with Crippen LogP contribution in [0, 0.1) is 6.92 Å². The first-order valence-corrected chi connectivity index (χ1v) is 10.7. The smallest absolute Gasteiger partial charge is 0.243 e. The molecule has 0 unspecified atom stereocenters. The Morgan fingerprint density at radius 2 is 1.76 bits per heavy atom. The highest BCUT2D eigenvalue weighted by Gasteiger charge is 2.31. The highest BCUT2D eigenvalue weighted by Crippen LogP contribution is 2.19. The predicted octanol–water partition coefficient (Wildman–Crippen LogP) is 0.361. The van der Waals surface area contributed by atoms with Gasteiger partial charge in [0.25, 0.3) is 0 Å². The lowest BCUT2D eigenvalue weighted by molar-refractivity contribution is -0.138. The number of aryl methyl sites for hydroxylation is 1. The molecule has 0 aliphatic carbocycles. The van der Waals surface area contributed by atoms with Gasteiger partial charge in [0.1, 0.15) is 6.54 Å². The average molecular weight is 383 g/mol. The fourth-order valence-electron chi connectivity index (χ4n) is 2.84. The second kappa shape index (κ2) is 7.35. The Kier molecular flexibility index (Phi) is 5.35. The van der Waals surface area contributed by atoms with Gasteiger partial charge in [-0.25, -0.2) is 8.42 Å². The summed E-state index contributed by atoms with van der Waals surface area (Å²) in [6.07, 6.45) is 0. The van der Waals surface area contributed by atoms with Crippen LogP contribution in [-0.2, 0) is 19.6 Å². The van der Waals surface area contributed by atoms with E-state index in [0.29, 0.717) is 24.7 Å². The molecule has 2 amide bonds. The van der Waals surface area contributed by atoms with Crippen molar-refractivity contribution in [2.75, 3.05) is 44.4 Å². The minimum Gasteiger partial charge on any atom is -0.339 e. The minimum atomic E-state index is -3.53. The Labute approximate surface area is 152 Å². The summed E-state index contributed by atoms with van der Waals surface area (Å²) in [5.41, 5.74) is 1.00. The topological polar surface area (TPSA) is 78.0 Å². The fourth-order valence-corrected chi connectivity index (χ4v) is 5.17. The molecule has 0 N–H and O–H groups in total. The molecular weight excluding hydrogens is 362 g/mol. The maximum atomic E-state index is 12.7. The summed E-state index contributed by atoms with van der Waals surface area (Å²) < 4.78 is 26.7. The number of amides is 2. The van der Waals surface area contributed by atoms with Crippen LogP contribution in [0.4, 0.5) is 0 Å². The Morgan fingerprint density at radius 3 is 2.32 bits per heavy atom. The Morgan fingerprint density at radius 1 is 1.12 bits per heavy atom. The first-order valence-electron chi connectivity index (χ1n) is 8.08. The van der Waals surface area contributed by atoms with Crippen LogP contribution < -0.4 is 0 Å². The van der Waals surface area contributed by atoms with Gasteiger partial charge in [0.15, 0.2) is 0 Å². The summed E-state index contributed by atoms with van der Waals surface area (Å²) in [6, 6.07) is 6.77. The molecule has 1 aromatic rings. The lowest BCUT2D eigenvalue weighted by Crippen LogP contribution is -2.52. The minimum absolute atomic E-state index is 0.0149. The molecule has 7 nitrogen and oxygen atoms in total. The third kappa shape index (κ3) is 3.99. The van der Waals surface area contributed by atoms with Crippen LogP contribution in [0.15, 0.2) is 29.2 Å². The van der Waals surface area contributed by atoms with E-state index in [1.165, 1.54) is 16.1 Å². The van der Waals surface area contributed by atoms with Crippen molar-refractivity contribution in [3.63, 3.8) is 0 Å². The molecule has 2 heterocycles. The molecular formula is C16H21N3O4S2. The van der Waals surface area contributed by atoms with Crippen molar-refractivity contribution in [2.45, 2.75) is 11.8 Å². The highest BCUT2D eigenvalue weighted by molar-refractivity contribution is 8.00. The summed E-state index contributed by atoms with van der Waals surface area (Å²) >= 11 is 1.50. The maximum absolute atomic E-state index is 12.7. The van der Waals surface area contributed by atoms with Crippen molar-refractivity contribution < 1.29 is 18.0 Å². The third-order valence-electron chi connectivity index (χ3n) is 4.40. The molecule has 1 aromatic carbocycles. The number of hydrogen-bond acceptors (Lipinski definition) is 5. The molecule has 2 saturated heterocycles. The van der Waals surface area contributed by atoms with Gasteiger partial charge in [0.2, 0.25) is 21.8 Å². The van der Waals surface area contributed by atoms with Crippen molar-refractivity contribution in [3.8, 4) is 0 Å². The van der Waals surface area contributed by atoms with Crippen molar-refractivity contribution in [2.24, 2.45) is 0 Å². The quantitative estimate of drug-likeness (QED) is 0.750. The van der Waals surface area contributed by atoms with E-state index in [9.17, 15) is 18.0 Å². The number of carbonyl (C=O) groups is 2. The van der Waals surface area contributed by atoms with Crippen molar-refractivity contribution in [1.82, 2.24) is 14.1 Å². The number of hydrogen-bond donors (Lipinski definition) is 0. The Balaban J connectivity index is 1.58. The van der Waals surface area contributed by atoms with E-state index in [0.717, 1.165) is 5.56 Å². The first-order chi connectivity index (χ1) is 11.9. The molecule has 0 spiro atoms. The molecule has 3 rings (SSSR count). The predicted molar refractivity (Wildman–Crippen MR) is 95.6 cm³/mol. The van der Waals surface area contributed by atoms with Gasteiger partial charge >= 0.3 is 0 Å². The number of nitrogens with zero attached hydrogens (tertiary/aromatic N) is 3. The van der Waals surface area contributed by atoms with Crippen LogP contribution in [0.1, 0.15) is 5.56 Å². The molecule has 0 atom stereocenters. The lowest BCUT2D eigenvalue weighted by atomic mass is 10.2. The van der Waals surface area contributed by atoms with Gasteiger partial charge in [-0.2, -0.15) is 4.31 Å². The number of carbonyl (C=O) groups excluding carboxylic acids is 2. The molecule has 2 aliphatic rings.